The van der Waals surface area contributed by atoms with Gasteiger partial charge in [-0.3, -0.25) is 0 Å². The third-order valence-electron chi connectivity index (χ3n) is 7.42. The summed E-state index contributed by atoms with van der Waals surface area (Å²) in [6.45, 7) is -0.593. The van der Waals surface area contributed by atoms with Gasteiger partial charge in [0.25, 0.3) is 6.43 Å². The van der Waals surface area contributed by atoms with Crippen LogP contribution in [-0.4, -0.2) is 37.6 Å². The lowest BCUT2D eigenvalue weighted by Gasteiger charge is -2.50. The van der Waals surface area contributed by atoms with Crippen molar-refractivity contribution in [3.05, 3.63) is 59.7 Å². The van der Waals surface area contributed by atoms with E-state index >= 15 is 0 Å². The molecular formula is C25H27ClF5NO3. The number of hydrogen-bond donors (Lipinski definition) is 1. The van der Waals surface area contributed by atoms with E-state index < -0.39 is 36.3 Å². The Morgan fingerprint density at radius 3 is 2.51 bits per heavy atom. The molecule has 0 saturated carbocycles. The molecule has 5 rings (SSSR count). The fourth-order valence-corrected chi connectivity index (χ4v) is 6.07. The van der Waals surface area contributed by atoms with Gasteiger partial charge < -0.3 is 19.5 Å². The first-order valence-corrected chi connectivity index (χ1v) is 11.5. The van der Waals surface area contributed by atoms with Gasteiger partial charge in [-0.05, 0) is 55.9 Å². The summed E-state index contributed by atoms with van der Waals surface area (Å²) in [7, 11) is 0. The first-order valence-electron chi connectivity index (χ1n) is 11.5. The Balaban J connectivity index is 0.00000289. The maximum Gasteiger partial charge on any atom is 0.573 e. The Morgan fingerprint density at radius 2 is 1.80 bits per heavy atom. The molecule has 192 valence electrons. The van der Waals surface area contributed by atoms with E-state index in [4.69, 9.17) is 9.47 Å². The van der Waals surface area contributed by atoms with Crippen LogP contribution in [0.2, 0.25) is 0 Å². The Hall–Kier alpha value is -2.10. The van der Waals surface area contributed by atoms with Crippen LogP contribution >= 0.6 is 12.4 Å². The lowest BCUT2D eigenvalue weighted by molar-refractivity contribution is -0.274. The third-order valence-corrected chi connectivity index (χ3v) is 7.42. The minimum atomic E-state index is -4.86. The van der Waals surface area contributed by atoms with Crippen LogP contribution in [0, 0.1) is 0 Å². The van der Waals surface area contributed by atoms with Crippen LogP contribution in [0.5, 0.6) is 11.5 Å². The zero-order valence-corrected chi connectivity index (χ0v) is 19.6. The molecule has 4 nitrogen and oxygen atoms in total. The summed E-state index contributed by atoms with van der Waals surface area (Å²) in [6, 6.07) is 14.1. The molecule has 1 spiro atoms. The number of ether oxygens (including phenoxy) is 3. The van der Waals surface area contributed by atoms with E-state index in [2.05, 4.69) is 22.2 Å². The van der Waals surface area contributed by atoms with Crippen LogP contribution in [0.15, 0.2) is 48.5 Å². The summed E-state index contributed by atoms with van der Waals surface area (Å²) in [5, 5.41) is 3.79. The van der Waals surface area contributed by atoms with E-state index in [1.807, 2.05) is 18.2 Å². The van der Waals surface area contributed by atoms with E-state index in [-0.39, 0.29) is 30.7 Å². The van der Waals surface area contributed by atoms with Gasteiger partial charge in [-0.15, -0.1) is 25.6 Å². The first kappa shape index (κ1) is 26.0. The highest BCUT2D eigenvalue weighted by molar-refractivity contribution is 5.85. The fourth-order valence-electron chi connectivity index (χ4n) is 6.07. The molecule has 0 amide bonds. The maximum atomic E-state index is 12.8. The topological polar surface area (TPSA) is 39.7 Å². The van der Waals surface area contributed by atoms with Crippen LogP contribution in [0.3, 0.4) is 0 Å². The average Bonchev–Trinajstić information content (AvgIpc) is 3.39. The summed E-state index contributed by atoms with van der Waals surface area (Å²) < 4.78 is 80.1. The molecule has 2 aromatic rings. The van der Waals surface area contributed by atoms with Crippen molar-refractivity contribution in [3.8, 4) is 11.5 Å². The molecule has 3 heterocycles. The molecule has 3 aliphatic heterocycles. The molecule has 2 bridgehead atoms. The number of fused-ring (bicyclic) bond motifs is 3. The van der Waals surface area contributed by atoms with Crippen molar-refractivity contribution in [3.63, 3.8) is 0 Å². The Labute approximate surface area is 206 Å². The normalized spacial score (nSPS) is 29.9. The second kappa shape index (κ2) is 9.75. The molecule has 0 aliphatic carbocycles. The largest absolute Gasteiger partial charge is 0.573 e. The molecule has 1 N–H and O–H groups in total. The zero-order chi connectivity index (χ0) is 24.0. The Bertz CT molecular complexity index is 1020. The van der Waals surface area contributed by atoms with Crippen molar-refractivity contribution in [1.29, 1.82) is 0 Å². The zero-order valence-electron chi connectivity index (χ0n) is 18.8. The number of nitrogens with one attached hydrogen (secondary N) is 1. The monoisotopic (exact) mass is 519 g/mol. The molecular weight excluding hydrogens is 493 g/mol. The second-order valence-corrected chi connectivity index (χ2v) is 9.35. The molecule has 3 saturated heterocycles. The third kappa shape index (κ3) is 4.95. The summed E-state index contributed by atoms with van der Waals surface area (Å²) in [6.07, 6.45) is -3.39. The van der Waals surface area contributed by atoms with E-state index in [9.17, 15) is 22.0 Å². The molecule has 0 aromatic heterocycles. The van der Waals surface area contributed by atoms with E-state index in [1.54, 1.807) is 0 Å². The van der Waals surface area contributed by atoms with Gasteiger partial charge in [0.2, 0.25) is 0 Å². The molecule has 35 heavy (non-hydrogen) atoms. The molecule has 0 unspecified atom stereocenters. The van der Waals surface area contributed by atoms with E-state index in [0.29, 0.717) is 18.0 Å². The number of halogens is 6. The van der Waals surface area contributed by atoms with Crippen molar-refractivity contribution in [1.82, 2.24) is 5.32 Å². The average molecular weight is 520 g/mol. The van der Waals surface area contributed by atoms with Gasteiger partial charge >= 0.3 is 6.36 Å². The van der Waals surface area contributed by atoms with Crippen molar-refractivity contribution < 1.29 is 36.2 Å². The number of benzene rings is 2. The van der Waals surface area contributed by atoms with Gasteiger partial charge in [0, 0.05) is 17.5 Å². The molecule has 2 aromatic carbocycles. The van der Waals surface area contributed by atoms with Crippen molar-refractivity contribution in [2.75, 3.05) is 13.2 Å². The van der Waals surface area contributed by atoms with Gasteiger partial charge in [-0.2, -0.15) is 0 Å². The summed E-state index contributed by atoms with van der Waals surface area (Å²) >= 11 is 0. The molecule has 4 atom stereocenters. The van der Waals surface area contributed by atoms with Gasteiger partial charge in [0.1, 0.15) is 18.1 Å². The SMILES string of the molecule is Cl.FC(F)COc1ccc(OC(F)(F)F)cc1[C@H]1CO[C@]2(CC[C@H]3CC[C@]2(c2ccccc2)N3)C1. The van der Waals surface area contributed by atoms with Gasteiger partial charge in [0.05, 0.1) is 17.7 Å². The van der Waals surface area contributed by atoms with Gasteiger partial charge in [-0.1, -0.05) is 30.3 Å². The van der Waals surface area contributed by atoms with E-state index in [0.717, 1.165) is 37.3 Å². The predicted octanol–water partition coefficient (Wildman–Crippen LogP) is 6.33. The molecule has 3 aliphatic rings. The highest BCUT2D eigenvalue weighted by Gasteiger charge is 2.62. The number of piperidine rings is 1. The first-order chi connectivity index (χ1) is 16.2. The standard InChI is InChI=1S/C25H26F5NO3.ClH/c26-22(27)15-32-21-7-6-19(34-25(28,29)30)12-20(21)16-13-23(33-14-16)10-8-18-9-11-24(23,31-18)17-4-2-1-3-5-17;/h1-7,12,16,18,22,31H,8-11,13-15H2;1H/t16-,18+,23-,24-;/m1./s1. The summed E-state index contributed by atoms with van der Waals surface area (Å²) in [5.41, 5.74) is 0.548. The highest BCUT2D eigenvalue weighted by Crippen LogP contribution is 2.58. The molecule has 0 radical (unpaired) electrons. The van der Waals surface area contributed by atoms with Gasteiger partial charge in [0.15, 0.2) is 0 Å². The quantitative estimate of drug-likeness (QED) is 0.452. The van der Waals surface area contributed by atoms with Crippen molar-refractivity contribution in [2.45, 2.75) is 68.0 Å². The molecule has 10 heteroatoms. The smallest absolute Gasteiger partial charge is 0.487 e. The minimum Gasteiger partial charge on any atom is -0.487 e. The Kier molecular flexibility index (Phi) is 7.23. The molecule has 3 fully saturated rings. The van der Waals surface area contributed by atoms with Gasteiger partial charge in [-0.25, -0.2) is 8.78 Å². The van der Waals surface area contributed by atoms with Crippen molar-refractivity contribution >= 4 is 12.4 Å². The fraction of sp³-hybridized carbons (Fsp3) is 0.520. The van der Waals surface area contributed by atoms with Crippen molar-refractivity contribution in [2.24, 2.45) is 0 Å². The lowest BCUT2D eigenvalue weighted by Crippen LogP contribution is -2.61. The van der Waals surface area contributed by atoms with Crippen LogP contribution in [0.25, 0.3) is 0 Å². The van der Waals surface area contributed by atoms with Crippen LogP contribution in [0.4, 0.5) is 22.0 Å². The van der Waals surface area contributed by atoms with Crippen LogP contribution in [0.1, 0.15) is 49.1 Å². The number of alkyl halides is 5. The lowest BCUT2D eigenvalue weighted by atomic mass is 9.67. The number of hydrogen-bond acceptors (Lipinski definition) is 4. The predicted molar refractivity (Wildman–Crippen MR) is 121 cm³/mol. The van der Waals surface area contributed by atoms with E-state index in [1.165, 1.54) is 12.1 Å². The minimum absolute atomic E-state index is 0. The number of rotatable bonds is 6. The summed E-state index contributed by atoms with van der Waals surface area (Å²) in [5.74, 6) is -0.611. The van der Waals surface area contributed by atoms with Crippen LogP contribution in [-0.2, 0) is 10.3 Å². The summed E-state index contributed by atoms with van der Waals surface area (Å²) in [4.78, 5) is 0. The Morgan fingerprint density at radius 1 is 1.06 bits per heavy atom. The maximum absolute atomic E-state index is 12.8. The second-order valence-electron chi connectivity index (χ2n) is 9.35. The highest BCUT2D eigenvalue weighted by atomic mass is 35.5. The van der Waals surface area contributed by atoms with Crippen LogP contribution < -0.4 is 14.8 Å².